The van der Waals surface area contributed by atoms with E-state index in [1.54, 1.807) is 6.07 Å². The van der Waals surface area contributed by atoms with Crippen LogP contribution in [0.5, 0.6) is 0 Å². The van der Waals surface area contributed by atoms with Gasteiger partial charge in [0.15, 0.2) is 0 Å². The monoisotopic (exact) mass is 289 g/mol. The molecular weight excluding hydrogens is 281 g/mol. The largest absolute Gasteiger partial charge is 0.331 e. The van der Waals surface area contributed by atoms with Crippen LogP contribution in [0, 0.1) is 0 Å². The van der Waals surface area contributed by atoms with Crippen LogP contribution in [0.25, 0.3) is 0 Å². The molecule has 0 bridgehead atoms. The van der Waals surface area contributed by atoms with Crippen molar-refractivity contribution in [3.8, 4) is 0 Å². The van der Waals surface area contributed by atoms with E-state index in [9.17, 15) is 9.18 Å². The first-order valence-corrected chi connectivity index (χ1v) is 6.17. The molecule has 0 N–H and O–H groups in total. The summed E-state index contributed by atoms with van der Waals surface area (Å²) in [7, 11) is 0. The van der Waals surface area contributed by atoms with Gasteiger partial charge in [0.1, 0.15) is 5.83 Å². The zero-order valence-corrected chi connectivity index (χ0v) is 10.3. The molecule has 0 fully saturated rings. The molecule has 0 radical (unpaired) electrons. The molecule has 1 amide bonds. The lowest BCUT2D eigenvalue weighted by molar-refractivity contribution is 0.0760. The minimum absolute atomic E-state index is 0.0889. The van der Waals surface area contributed by atoms with Crippen molar-refractivity contribution in [2.45, 2.75) is 6.42 Å². The summed E-state index contributed by atoms with van der Waals surface area (Å²) in [5.74, 6) is -0.306. The molecule has 5 heteroatoms. The summed E-state index contributed by atoms with van der Waals surface area (Å²) >= 11 is 4.67. The molecule has 0 aliphatic carbocycles. The molecule has 15 heavy (non-hydrogen) atoms. The van der Waals surface area contributed by atoms with E-state index in [4.69, 9.17) is 0 Å². The smallest absolute Gasteiger partial charge is 0.264 e. The Labute approximate surface area is 99.5 Å². The molecule has 1 aromatic heterocycles. The molecule has 2 rings (SSSR count). The molecule has 0 aromatic carbocycles. The topological polar surface area (TPSA) is 20.3 Å². The molecule has 1 aliphatic heterocycles. The van der Waals surface area contributed by atoms with E-state index in [-0.39, 0.29) is 18.3 Å². The summed E-state index contributed by atoms with van der Waals surface area (Å²) in [6, 6.07) is 3.58. The summed E-state index contributed by atoms with van der Waals surface area (Å²) < 4.78 is 13.9. The van der Waals surface area contributed by atoms with Crippen LogP contribution in [-0.4, -0.2) is 23.9 Å². The van der Waals surface area contributed by atoms with Gasteiger partial charge in [-0.05, 0) is 40.6 Å². The van der Waals surface area contributed by atoms with E-state index in [1.807, 2.05) is 6.07 Å². The fourth-order valence-corrected chi connectivity index (χ4v) is 2.82. The molecule has 0 atom stereocenters. The first-order chi connectivity index (χ1) is 7.16. The van der Waals surface area contributed by atoms with Crippen molar-refractivity contribution in [2.24, 2.45) is 0 Å². The highest BCUT2D eigenvalue weighted by molar-refractivity contribution is 9.11. The number of carbonyl (C=O) groups excluding carboxylic acids is 1. The zero-order valence-electron chi connectivity index (χ0n) is 7.87. The van der Waals surface area contributed by atoms with Crippen LogP contribution in [0.2, 0.25) is 0 Å². The molecule has 1 aliphatic rings. The second-order valence-electron chi connectivity index (χ2n) is 3.27. The highest BCUT2D eigenvalue weighted by Crippen LogP contribution is 2.24. The Kier molecular flexibility index (Phi) is 3.21. The lowest BCUT2D eigenvalue weighted by Crippen LogP contribution is -2.34. The van der Waals surface area contributed by atoms with Gasteiger partial charge in [0.05, 0.1) is 15.2 Å². The summed E-state index contributed by atoms with van der Waals surface area (Å²) in [6.07, 6.45) is 2.14. The Hall–Kier alpha value is -0.680. The molecular formula is C10H9BrFNOS. The van der Waals surface area contributed by atoms with Gasteiger partial charge >= 0.3 is 0 Å². The van der Waals surface area contributed by atoms with Gasteiger partial charge in [-0.2, -0.15) is 0 Å². The zero-order chi connectivity index (χ0) is 10.8. The van der Waals surface area contributed by atoms with E-state index >= 15 is 0 Å². The van der Waals surface area contributed by atoms with Gasteiger partial charge in [0, 0.05) is 6.54 Å². The summed E-state index contributed by atoms with van der Waals surface area (Å²) in [4.78, 5) is 14.1. The van der Waals surface area contributed by atoms with Crippen LogP contribution in [0.1, 0.15) is 16.1 Å². The summed E-state index contributed by atoms with van der Waals surface area (Å²) in [5, 5.41) is 0. The number of rotatable bonds is 1. The molecule has 0 unspecified atom stereocenters. The minimum Gasteiger partial charge on any atom is -0.331 e. The third-order valence-corrected chi connectivity index (χ3v) is 3.79. The lowest BCUT2D eigenvalue weighted by Gasteiger charge is -2.23. The minimum atomic E-state index is -0.217. The van der Waals surface area contributed by atoms with Gasteiger partial charge in [-0.15, -0.1) is 11.3 Å². The molecule has 0 saturated carbocycles. The number of hydrogen-bond donors (Lipinski definition) is 0. The van der Waals surface area contributed by atoms with Gasteiger partial charge < -0.3 is 4.90 Å². The molecule has 1 aromatic rings. The summed E-state index contributed by atoms with van der Waals surface area (Å²) in [6.45, 7) is 0.704. The van der Waals surface area contributed by atoms with E-state index < -0.39 is 0 Å². The van der Waals surface area contributed by atoms with Crippen molar-refractivity contribution in [1.82, 2.24) is 4.90 Å². The van der Waals surface area contributed by atoms with Crippen LogP contribution in [0.15, 0.2) is 27.8 Å². The maximum absolute atomic E-state index is 13.0. The highest BCUT2D eigenvalue weighted by atomic mass is 79.9. The van der Waals surface area contributed by atoms with Gasteiger partial charge in [-0.25, -0.2) is 4.39 Å². The normalized spacial score (nSPS) is 16.4. The molecule has 2 nitrogen and oxygen atoms in total. The lowest BCUT2D eigenvalue weighted by atomic mass is 10.2. The highest BCUT2D eigenvalue weighted by Gasteiger charge is 2.20. The van der Waals surface area contributed by atoms with Crippen molar-refractivity contribution in [3.63, 3.8) is 0 Å². The van der Waals surface area contributed by atoms with Gasteiger partial charge in [-0.1, -0.05) is 0 Å². The first kappa shape index (κ1) is 10.8. The van der Waals surface area contributed by atoms with Crippen LogP contribution in [0.4, 0.5) is 4.39 Å². The van der Waals surface area contributed by atoms with Crippen molar-refractivity contribution in [2.75, 3.05) is 13.1 Å². The second kappa shape index (κ2) is 4.45. The van der Waals surface area contributed by atoms with E-state index in [2.05, 4.69) is 15.9 Å². The van der Waals surface area contributed by atoms with Crippen molar-refractivity contribution in [1.29, 1.82) is 0 Å². The molecule has 2 heterocycles. The summed E-state index contributed by atoms with van der Waals surface area (Å²) in [5.41, 5.74) is 0. The van der Waals surface area contributed by atoms with E-state index in [0.29, 0.717) is 17.8 Å². The number of amides is 1. The van der Waals surface area contributed by atoms with Crippen molar-refractivity contribution < 1.29 is 9.18 Å². The molecule has 0 saturated heterocycles. The average molecular weight is 290 g/mol. The average Bonchev–Trinajstić information content (AvgIpc) is 2.64. The number of carbonyl (C=O) groups is 1. The Balaban J connectivity index is 2.12. The van der Waals surface area contributed by atoms with Gasteiger partial charge in [0.2, 0.25) is 0 Å². The van der Waals surface area contributed by atoms with Crippen LogP contribution < -0.4 is 0 Å². The molecule has 0 spiro atoms. The quantitative estimate of drug-likeness (QED) is 0.777. The SMILES string of the molecule is O=C(c1ccc(Br)s1)N1CCC=C(F)C1. The second-order valence-corrected chi connectivity index (χ2v) is 5.73. The van der Waals surface area contributed by atoms with Crippen molar-refractivity contribution >= 4 is 33.2 Å². The fourth-order valence-electron chi connectivity index (χ4n) is 1.46. The number of thiophene rings is 1. The molecule has 80 valence electrons. The Bertz CT molecular complexity index is 415. The van der Waals surface area contributed by atoms with Crippen LogP contribution >= 0.6 is 27.3 Å². The van der Waals surface area contributed by atoms with Crippen molar-refractivity contribution in [3.05, 3.63) is 32.7 Å². The van der Waals surface area contributed by atoms with Crippen LogP contribution in [-0.2, 0) is 0 Å². The maximum Gasteiger partial charge on any atom is 0.264 e. The van der Waals surface area contributed by atoms with Crippen LogP contribution in [0.3, 0.4) is 0 Å². The fraction of sp³-hybridized carbons (Fsp3) is 0.300. The van der Waals surface area contributed by atoms with E-state index in [1.165, 1.54) is 22.3 Å². The number of halogens is 2. The standard InChI is InChI=1S/C10H9BrFNOS/c11-9-4-3-8(15-9)10(14)13-5-1-2-7(12)6-13/h2-4H,1,5-6H2. The Morgan fingerprint density at radius 1 is 1.53 bits per heavy atom. The Morgan fingerprint density at radius 2 is 2.33 bits per heavy atom. The predicted molar refractivity (Wildman–Crippen MR) is 61.7 cm³/mol. The number of nitrogens with zero attached hydrogens (tertiary/aromatic N) is 1. The van der Waals surface area contributed by atoms with Gasteiger partial charge in [0.25, 0.3) is 5.91 Å². The Morgan fingerprint density at radius 3 is 2.93 bits per heavy atom. The maximum atomic E-state index is 13.0. The third kappa shape index (κ3) is 2.46. The first-order valence-electron chi connectivity index (χ1n) is 4.56. The van der Waals surface area contributed by atoms with E-state index in [0.717, 1.165) is 3.79 Å². The third-order valence-electron chi connectivity index (χ3n) is 2.18. The predicted octanol–water partition coefficient (Wildman–Crippen LogP) is 3.21. The van der Waals surface area contributed by atoms with Gasteiger partial charge in [-0.3, -0.25) is 4.79 Å². The number of hydrogen-bond acceptors (Lipinski definition) is 2.